The zero-order valence-electron chi connectivity index (χ0n) is 9.67. The Morgan fingerprint density at radius 1 is 1.06 bits per heavy atom. The van der Waals surface area contributed by atoms with Crippen LogP contribution >= 0.6 is 0 Å². The van der Waals surface area contributed by atoms with Crippen LogP contribution in [0.3, 0.4) is 0 Å². The third-order valence-electron chi connectivity index (χ3n) is 3.11. The molecule has 4 heteroatoms. The molecule has 18 heavy (non-hydrogen) atoms. The van der Waals surface area contributed by atoms with E-state index in [1.165, 1.54) is 0 Å². The van der Waals surface area contributed by atoms with Crippen molar-refractivity contribution in [2.45, 2.75) is 6.10 Å². The number of fused-ring (bicyclic) bond motifs is 1. The van der Waals surface area contributed by atoms with Gasteiger partial charge in [0.25, 0.3) is 0 Å². The molecule has 0 aliphatic heterocycles. The fraction of sp³-hybridized carbons (Fsp3) is 0.0714. The molecule has 1 atom stereocenters. The molecule has 1 aromatic heterocycles. The van der Waals surface area contributed by atoms with Gasteiger partial charge in [-0.15, -0.1) is 0 Å². The zero-order chi connectivity index (χ0) is 12.5. The summed E-state index contributed by atoms with van der Waals surface area (Å²) < 4.78 is 0. The summed E-state index contributed by atoms with van der Waals surface area (Å²) in [5.74, 6) is 0.399. The number of aliphatic hydroxyl groups excluding tert-OH is 1. The molecular formula is C14H13N3O. The maximum atomic E-state index is 10.4. The van der Waals surface area contributed by atoms with Crippen molar-refractivity contribution in [3.05, 3.63) is 59.8 Å². The predicted molar refractivity (Wildman–Crippen MR) is 71.0 cm³/mol. The van der Waals surface area contributed by atoms with Gasteiger partial charge in [-0.1, -0.05) is 42.5 Å². The van der Waals surface area contributed by atoms with E-state index in [-0.39, 0.29) is 0 Å². The van der Waals surface area contributed by atoms with E-state index in [2.05, 4.69) is 10.2 Å². The van der Waals surface area contributed by atoms with E-state index in [1.54, 1.807) is 6.20 Å². The van der Waals surface area contributed by atoms with Gasteiger partial charge >= 0.3 is 0 Å². The van der Waals surface area contributed by atoms with Gasteiger partial charge in [0.15, 0.2) is 0 Å². The molecule has 3 rings (SSSR count). The number of aromatic amines is 1. The molecule has 1 unspecified atom stereocenters. The normalized spacial score (nSPS) is 12.7. The lowest BCUT2D eigenvalue weighted by Crippen LogP contribution is -2.02. The number of H-pyrrole nitrogens is 1. The van der Waals surface area contributed by atoms with Crippen LogP contribution in [0, 0.1) is 0 Å². The van der Waals surface area contributed by atoms with Gasteiger partial charge < -0.3 is 10.8 Å². The Hall–Kier alpha value is -2.33. The fourth-order valence-electron chi connectivity index (χ4n) is 2.18. The molecular weight excluding hydrogens is 226 g/mol. The second-order valence-electron chi connectivity index (χ2n) is 4.21. The van der Waals surface area contributed by atoms with Crippen LogP contribution in [0.15, 0.2) is 48.7 Å². The molecule has 0 radical (unpaired) electrons. The Bertz CT molecular complexity index is 685. The highest BCUT2D eigenvalue weighted by Crippen LogP contribution is 2.30. The monoisotopic (exact) mass is 239 g/mol. The highest BCUT2D eigenvalue weighted by Gasteiger charge is 2.17. The van der Waals surface area contributed by atoms with E-state index in [0.717, 1.165) is 16.3 Å². The van der Waals surface area contributed by atoms with E-state index in [1.807, 2.05) is 42.5 Å². The van der Waals surface area contributed by atoms with Crippen LogP contribution in [0.4, 0.5) is 5.82 Å². The number of aromatic nitrogens is 2. The maximum Gasteiger partial charge on any atom is 0.125 e. The summed E-state index contributed by atoms with van der Waals surface area (Å²) in [6.07, 6.45) is 0.789. The summed E-state index contributed by atoms with van der Waals surface area (Å²) in [7, 11) is 0. The van der Waals surface area contributed by atoms with E-state index < -0.39 is 6.10 Å². The van der Waals surface area contributed by atoms with Crippen LogP contribution in [0.5, 0.6) is 0 Å². The van der Waals surface area contributed by atoms with Crippen LogP contribution in [-0.2, 0) is 0 Å². The van der Waals surface area contributed by atoms with E-state index in [4.69, 9.17) is 5.73 Å². The van der Waals surface area contributed by atoms with Crippen LogP contribution < -0.4 is 5.73 Å². The topological polar surface area (TPSA) is 74.9 Å². The van der Waals surface area contributed by atoms with Crippen molar-refractivity contribution in [2.75, 3.05) is 5.73 Å². The molecule has 90 valence electrons. The SMILES string of the molecule is Nc1[nH]ncc1C(O)c1cccc2ccccc12. The van der Waals surface area contributed by atoms with Gasteiger partial charge in [0, 0.05) is 5.56 Å². The number of benzene rings is 2. The molecule has 1 heterocycles. The Balaban J connectivity index is 2.18. The Morgan fingerprint density at radius 2 is 1.83 bits per heavy atom. The number of hydrogen-bond acceptors (Lipinski definition) is 3. The Morgan fingerprint density at radius 3 is 2.61 bits per heavy atom. The second-order valence-corrected chi connectivity index (χ2v) is 4.21. The smallest absolute Gasteiger partial charge is 0.125 e. The van der Waals surface area contributed by atoms with Crippen LogP contribution in [0.2, 0.25) is 0 Å². The first-order valence-corrected chi connectivity index (χ1v) is 5.72. The van der Waals surface area contributed by atoms with Crippen molar-refractivity contribution in [1.82, 2.24) is 10.2 Å². The van der Waals surface area contributed by atoms with E-state index >= 15 is 0 Å². The van der Waals surface area contributed by atoms with Gasteiger partial charge in [-0.2, -0.15) is 5.10 Å². The third kappa shape index (κ3) is 1.63. The minimum absolute atomic E-state index is 0.399. The second kappa shape index (κ2) is 4.16. The molecule has 0 saturated carbocycles. The van der Waals surface area contributed by atoms with Gasteiger partial charge in [-0.05, 0) is 16.3 Å². The number of nitrogen functional groups attached to an aromatic ring is 1. The summed E-state index contributed by atoms with van der Waals surface area (Å²) in [5, 5.41) is 19.0. The number of hydrogen-bond donors (Lipinski definition) is 3. The molecule has 3 aromatic rings. The third-order valence-corrected chi connectivity index (χ3v) is 3.11. The first kappa shape index (κ1) is 10.8. The van der Waals surface area contributed by atoms with Crippen molar-refractivity contribution in [3.63, 3.8) is 0 Å². The van der Waals surface area contributed by atoms with E-state index in [0.29, 0.717) is 11.4 Å². The average molecular weight is 239 g/mol. The summed E-state index contributed by atoms with van der Waals surface area (Å²) in [6, 6.07) is 13.8. The minimum Gasteiger partial charge on any atom is -0.384 e. The minimum atomic E-state index is -0.769. The largest absolute Gasteiger partial charge is 0.384 e. The molecule has 0 amide bonds. The molecule has 2 aromatic carbocycles. The van der Waals surface area contributed by atoms with Crippen molar-refractivity contribution in [3.8, 4) is 0 Å². The number of rotatable bonds is 2. The zero-order valence-corrected chi connectivity index (χ0v) is 9.67. The number of nitrogens with zero attached hydrogens (tertiary/aromatic N) is 1. The van der Waals surface area contributed by atoms with Crippen molar-refractivity contribution in [2.24, 2.45) is 0 Å². The van der Waals surface area contributed by atoms with Gasteiger partial charge in [-0.3, -0.25) is 5.10 Å². The summed E-state index contributed by atoms with van der Waals surface area (Å²) >= 11 is 0. The lowest BCUT2D eigenvalue weighted by atomic mass is 9.97. The fourth-order valence-corrected chi connectivity index (χ4v) is 2.18. The Labute approximate surface area is 104 Å². The molecule has 0 spiro atoms. The highest BCUT2D eigenvalue weighted by atomic mass is 16.3. The van der Waals surface area contributed by atoms with Crippen LogP contribution in [0.25, 0.3) is 10.8 Å². The average Bonchev–Trinajstić information content (AvgIpc) is 2.83. The van der Waals surface area contributed by atoms with E-state index in [9.17, 15) is 5.11 Å². The number of nitrogens with one attached hydrogen (secondary N) is 1. The van der Waals surface area contributed by atoms with Crippen molar-refractivity contribution < 1.29 is 5.11 Å². The summed E-state index contributed by atoms with van der Waals surface area (Å²) in [4.78, 5) is 0. The number of nitrogens with two attached hydrogens (primary N) is 1. The molecule has 0 fully saturated rings. The van der Waals surface area contributed by atoms with Crippen LogP contribution in [-0.4, -0.2) is 15.3 Å². The number of aliphatic hydroxyl groups is 1. The van der Waals surface area contributed by atoms with Gasteiger partial charge in [0.1, 0.15) is 11.9 Å². The maximum absolute atomic E-state index is 10.4. The first-order chi connectivity index (χ1) is 8.77. The van der Waals surface area contributed by atoms with Gasteiger partial charge in [0.2, 0.25) is 0 Å². The Kier molecular flexibility index (Phi) is 2.50. The van der Waals surface area contributed by atoms with Gasteiger partial charge in [-0.25, -0.2) is 0 Å². The van der Waals surface area contributed by atoms with Crippen LogP contribution in [0.1, 0.15) is 17.2 Å². The summed E-state index contributed by atoms with van der Waals surface area (Å²) in [5.41, 5.74) is 7.18. The summed E-state index contributed by atoms with van der Waals surface area (Å²) in [6.45, 7) is 0. The predicted octanol–water partition coefficient (Wildman–Crippen LogP) is 2.23. The highest BCUT2D eigenvalue weighted by molar-refractivity contribution is 5.86. The molecule has 0 bridgehead atoms. The number of anilines is 1. The standard InChI is InChI=1S/C14H13N3O/c15-14-12(8-16-17-14)13(18)11-7-3-5-9-4-1-2-6-10(9)11/h1-8,13,18H,(H3,15,16,17). The lowest BCUT2D eigenvalue weighted by Gasteiger charge is -2.13. The first-order valence-electron chi connectivity index (χ1n) is 5.72. The quantitative estimate of drug-likeness (QED) is 0.642. The van der Waals surface area contributed by atoms with Crippen molar-refractivity contribution >= 4 is 16.6 Å². The molecule has 4 N–H and O–H groups in total. The molecule has 0 saturated heterocycles. The molecule has 0 aliphatic rings. The molecule has 0 aliphatic carbocycles. The molecule has 4 nitrogen and oxygen atoms in total. The van der Waals surface area contributed by atoms with Gasteiger partial charge in [0.05, 0.1) is 6.20 Å². The van der Waals surface area contributed by atoms with Crippen molar-refractivity contribution in [1.29, 1.82) is 0 Å². The lowest BCUT2D eigenvalue weighted by molar-refractivity contribution is 0.222.